The normalized spacial score (nSPS) is 13.5. The zero-order valence-electron chi connectivity index (χ0n) is 12.1. The van der Waals surface area contributed by atoms with E-state index in [2.05, 4.69) is 15.6 Å². The summed E-state index contributed by atoms with van der Waals surface area (Å²) in [4.78, 5) is 27.6. The first-order valence-electron chi connectivity index (χ1n) is 7.30. The van der Waals surface area contributed by atoms with Gasteiger partial charge in [-0.25, -0.2) is 0 Å². The first-order chi connectivity index (χ1) is 10.7. The minimum atomic E-state index is -0.142. The molecule has 22 heavy (non-hydrogen) atoms. The number of aromatic nitrogens is 1. The van der Waals surface area contributed by atoms with Gasteiger partial charge in [-0.15, -0.1) is 0 Å². The van der Waals surface area contributed by atoms with Gasteiger partial charge in [0.15, 0.2) is 0 Å². The summed E-state index contributed by atoms with van der Waals surface area (Å²) in [5, 5.41) is 5.70. The van der Waals surface area contributed by atoms with Crippen molar-refractivity contribution in [3.8, 4) is 0 Å². The van der Waals surface area contributed by atoms with Gasteiger partial charge in [0.2, 0.25) is 5.91 Å². The molecule has 112 valence electrons. The average Bonchev–Trinajstić information content (AvgIpc) is 3.39. The van der Waals surface area contributed by atoms with E-state index in [1.807, 2.05) is 12.1 Å². The first kappa shape index (κ1) is 14.3. The SMILES string of the molecule is O=C(NCc1ccncc1)c1ccc(NC(=O)C2CC2)cc1. The molecule has 0 spiro atoms. The molecule has 2 aromatic rings. The molecular weight excluding hydrogens is 278 g/mol. The molecule has 1 aromatic heterocycles. The highest BCUT2D eigenvalue weighted by atomic mass is 16.2. The Hall–Kier alpha value is -2.69. The molecule has 2 N–H and O–H groups in total. The Morgan fingerprint density at radius 3 is 2.36 bits per heavy atom. The molecule has 0 aliphatic heterocycles. The molecule has 0 bridgehead atoms. The second kappa shape index (κ2) is 6.39. The Morgan fingerprint density at radius 1 is 1.05 bits per heavy atom. The standard InChI is InChI=1S/C17H17N3O2/c21-16(19-11-12-7-9-18-10-8-12)13-3-5-15(6-4-13)20-17(22)14-1-2-14/h3-10,14H,1-2,11H2,(H,19,21)(H,20,22). The number of carbonyl (C=O) groups is 2. The third kappa shape index (κ3) is 3.69. The fourth-order valence-electron chi connectivity index (χ4n) is 2.08. The van der Waals surface area contributed by atoms with Crippen LogP contribution in [0.5, 0.6) is 0 Å². The molecule has 1 fully saturated rings. The van der Waals surface area contributed by atoms with Gasteiger partial charge in [-0.2, -0.15) is 0 Å². The van der Waals surface area contributed by atoms with Crippen molar-refractivity contribution in [2.24, 2.45) is 5.92 Å². The summed E-state index contributed by atoms with van der Waals surface area (Å²) in [6, 6.07) is 10.6. The van der Waals surface area contributed by atoms with Gasteiger partial charge in [0.1, 0.15) is 0 Å². The van der Waals surface area contributed by atoms with Crippen molar-refractivity contribution in [3.63, 3.8) is 0 Å². The second-order valence-electron chi connectivity index (χ2n) is 5.38. The van der Waals surface area contributed by atoms with Gasteiger partial charge < -0.3 is 10.6 Å². The lowest BCUT2D eigenvalue weighted by Crippen LogP contribution is -2.22. The quantitative estimate of drug-likeness (QED) is 0.889. The lowest BCUT2D eigenvalue weighted by Gasteiger charge is -2.07. The number of nitrogens with one attached hydrogen (secondary N) is 2. The Labute approximate surface area is 128 Å². The highest BCUT2D eigenvalue weighted by Gasteiger charge is 2.29. The van der Waals surface area contributed by atoms with Crippen molar-refractivity contribution in [3.05, 3.63) is 59.9 Å². The first-order valence-corrected chi connectivity index (χ1v) is 7.30. The number of amides is 2. The third-order valence-corrected chi connectivity index (χ3v) is 3.57. The van der Waals surface area contributed by atoms with Crippen LogP contribution in [0.15, 0.2) is 48.8 Å². The van der Waals surface area contributed by atoms with Crippen molar-refractivity contribution in [1.29, 1.82) is 0 Å². The molecule has 0 unspecified atom stereocenters. The zero-order chi connectivity index (χ0) is 15.4. The van der Waals surface area contributed by atoms with Crippen molar-refractivity contribution in [2.45, 2.75) is 19.4 Å². The van der Waals surface area contributed by atoms with Gasteiger partial charge in [-0.3, -0.25) is 14.6 Å². The largest absolute Gasteiger partial charge is 0.348 e. The second-order valence-corrected chi connectivity index (χ2v) is 5.38. The molecule has 0 atom stereocenters. The fourth-order valence-corrected chi connectivity index (χ4v) is 2.08. The van der Waals surface area contributed by atoms with Crippen LogP contribution in [0.4, 0.5) is 5.69 Å². The molecular formula is C17H17N3O2. The highest BCUT2D eigenvalue weighted by molar-refractivity contribution is 5.96. The van der Waals surface area contributed by atoms with Crippen LogP contribution in [0, 0.1) is 5.92 Å². The molecule has 0 radical (unpaired) electrons. The molecule has 1 heterocycles. The maximum Gasteiger partial charge on any atom is 0.251 e. The summed E-state index contributed by atoms with van der Waals surface area (Å²) in [5.41, 5.74) is 2.29. The van der Waals surface area contributed by atoms with Gasteiger partial charge in [-0.1, -0.05) is 0 Å². The van der Waals surface area contributed by atoms with Gasteiger partial charge in [0, 0.05) is 36.1 Å². The van der Waals surface area contributed by atoms with E-state index in [0.29, 0.717) is 12.1 Å². The monoisotopic (exact) mass is 295 g/mol. The molecule has 5 heteroatoms. The highest BCUT2D eigenvalue weighted by Crippen LogP contribution is 2.30. The number of hydrogen-bond donors (Lipinski definition) is 2. The van der Waals surface area contributed by atoms with Crippen LogP contribution in [0.2, 0.25) is 0 Å². The molecule has 1 saturated carbocycles. The number of anilines is 1. The molecule has 5 nitrogen and oxygen atoms in total. The van der Waals surface area contributed by atoms with Crippen LogP contribution in [0.25, 0.3) is 0 Å². The van der Waals surface area contributed by atoms with E-state index in [0.717, 1.165) is 24.1 Å². The zero-order valence-corrected chi connectivity index (χ0v) is 12.1. The van der Waals surface area contributed by atoms with Crippen LogP contribution in [0.1, 0.15) is 28.8 Å². The Kier molecular flexibility index (Phi) is 4.14. The third-order valence-electron chi connectivity index (χ3n) is 3.57. The van der Waals surface area contributed by atoms with Gasteiger partial charge in [0.05, 0.1) is 0 Å². The number of carbonyl (C=O) groups excluding carboxylic acids is 2. The Balaban J connectivity index is 1.55. The van der Waals surface area contributed by atoms with Crippen molar-refractivity contribution >= 4 is 17.5 Å². The predicted octanol–water partition coefficient (Wildman–Crippen LogP) is 2.36. The van der Waals surface area contributed by atoms with Crippen LogP contribution in [-0.4, -0.2) is 16.8 Å². The van der Waals surface area contributed by atoms with Gasteiger partial charge >= 0.3 is 0 Å². The maximum absolute atomic E-state index is 12.1. The smallest absolute Gasteiger partial charge is 0.251 e. The maximum atomic E-state index is 12.1. The summed E-state index contributed by atoms with van der Waals surface area (Å²) in [6.07, 6.45) is 5.33. The Morgan fingerprint density at radius 2 is 1.73 bits per heavy atom. The van der Waals surface area contributed by atoms with E-state index in [-0.39, 0.29) is 17.7 Å². The molecule has 1 aliphatic rings. The molecule has 1 aromatic carbocycles. The summed E-state index contributed by atoms with van der Waals surface area (Å²) in [6.45, 7) is 0.460. The molecule has 2 amide bonds. The molecule has 1 aliphatic carbocycles. The van der Waals surface area contributed by atoms with Crippen LogP contribution < -0.4 is 10.6 Å². The summed E-state index contributed by atoms with van der Waals surface area (Å²) < 4.78 is 0. The number of hydrogen-bond acceptors (Lipinski definition) is 3. The lowest BCUT2D eigenvalue weighted by molar-refractivity contribution is -0.117. The minimum absolute atomic E-state index is 0.0647. The summed E-state index contributed by atoms with van der Waals surface area (Å²) in [5.74, 6) is 0.0927. The van der Waals surface area contributed by atoms with E-state index in [9.17, 15) is 9.59 Å². The number of pyridine rings is 1. The predicted molar refractivity (Wildman–Crippen MR) is 83.2 cm³/mol. The van der Waals surface area contributed by atoms with Gasteiger partial charge in [0.25, 0.3) is 5.91 Å². The average molecular weight is 295 g/mol. The Bertz CT molecular complexity index is 664. The van der Waals surface area contributed by atoms with E-state index in [4.69, 9.17) is 0 Å². The van der Waals surface area contributed by atoms with E-state index < -0.39 is 0 Å². The van der Waals surface area contributed by atoms with Crippen molar-refractivity contribution < 1.29 is 9.59 Å². The summed E-state index contributed by atoms with van der Waals surface area (Å²) >= 11 is 0. The number of rotatable bonds is 5. The summed E-state index contributed by atoms with van der Waals surface area (Å²) in [7, 11) is 0. The number of benzene rings is 1. The fraction of sp³-hybridized carbons (Fsp3) is 0.235. The van der Waals surface area contributed by atoms with E-state index in [1.54, 1.807) is 36.7 Å². The topological polar surface area (TPSA) is 71.1 Å². The van der Waals surface area contributed by atoms with E-state index >= 15 is 0 Å². The van der Waals surface area contributed by atoms with E-state index in [1.165, 1.54) is 0 Å². The number of nitrogens with zero attached hydrogens (tertiary/aromatic N) is 1. The molecule has 0 saturated heterocycles. The van der Waals surface area contributed by atoms with Crippen molar-refractivity contribution in [2.75, 3.05) is 5.32 Å². The van der Waals surface area contributed by atoms with Crippen LogP contribution in [0.3, 0.4) is 0 Å². The van der Waals surface area contributed by atoms with Crippen molar-refractivity contribution in [1.82, 2.24) is 10.3 Å². The van der Waals surface area contributed by atoms with Gasteiger partial charge in [-0.05, 0) is 54.8 Å². The molecule has 3 rings (SSSR count). The lowest BCUT2D eigenvalue weighted by atomic mass is 10.2. The van der Waals surface area contributed by atoms with Crippen LogP contribution in [-0.2, 0) is 11.3 Å². The minimum Gasteiger partial charge on any atom is -0.348 e. The van der Waals surface area contributed by atoms with Crippen LogP contribution >= 0.6 is 0 Å².